The standard InChI is InChI=1S/C14H19NOS/c1-2-3-4-11-17-13-8-5-12(6-9-13)7-10-14(15)16/h5-10H,2-4,11H2,1H3,(H2,15,16). The van der Waals surface area contributed by atoms with E-state index in [1.165, 1.54) is 36.0 Å². The van der Waals surface area contributed by atoms with Crippen molar-refractivity contribution in [2.75, 3.05) is 5.75 Å². The van der Waals surface area contributed by atoms with Crippen LogP contribution >= 0.6 is 11.8 Å². The molecule has 0 saturated carbocycles. The van der Waals surface area contributed by atoms with Gasteiger partial charge in [0.2, 0.25) is 5.91 Å². The van der Waals surface area contributed by atoms with Crippen LogP contribution < -0.4 is 5.73 Å². The van der Waals surface area contributed by atoms with Crippen LogP contribution in [-0.4, -0.2) is 11.7 Å². The number of carbonyl (C=O) groups is 1. The molecule has 3 heteroatoms. The van der Waals surface area contributed by atoms with Crippen LogP contribution in [0.3, 0.4) is 0 Å². The summed E-state index contributed by atoms with van der Waals surface area (Å²) in [5.74, 6) is 0.757. The van der Waals surface area contributed by atoms with Crippen LogP contribution in [0, 0.1) is 0 Å². The molecule has 2 N–H and O–H groups in total. The van der Waals surface area contributed by atoms with Gasteiger partial charge in [-0.1, -0.05) is 31.9 Å². The molecule has 0 bridgehead atoms. The van der Waals surface area contributed by atoms with Crippen molar-refractivity contribution in [2.45, 2.75) is 31.1 Å². The number of hydrogen-bond acceptors (Lipinski definition) is 2. The fourth-order valence-corrected chi connectivity index (χ4v) is 2.31. The fraction of sp³-hybridized carbons (Fsp3) is 0.357. The van der Waals surface area contributed by atoms with Crippen LogP contribution in [0.5, 0.6) is 0 Å². The molecule has 2 nitrogen and oxygen atoms in total. The van der Waals surface area contributed by atoms with Crippen LogP contribution in [-0.2, 0) is 4.79 Å². The number of benzene rings is 1. The van der Waals surface area contributed by atoms with Gasteiger partial charge in [-0.3, -0.25) is 4.79 Å². The summed E-state index contributed by atoms with van der Waals surface area (Å²) in [6, 6.07) is 8.16. The number of rotatable bonds is 7. The van der Waals surface area contributed by atoms with E-state index in [0.29, 0.717) is 0 Å². The van der Waals surface area contributed by atoms with Gasteiger partial charge in [0.25, 0.3) is 0 Å². The van der Waals surface area contributed by atoms with Crippen molar-refractivity contribution >= 4 is 23.7 Å². The van der Waals surface area contributed by atoms with Crippen molar-refractivity contribution < 1.29 is 4.79 Å². The third kappa shape index (κ3) is 6.17. The van der Waals surface area contributed by atoms with Gasteiger partial charge >= 0.3 is 0 Å². The molecule has 0 fully saturated rings. The molecule has 0 aliphatic carbocycles. The summed E-state index contributed by atoms with van der Waals surface area (Å²) in [4.78, 5) is 11.8. The Bertz CT molecular complexity index is 370. The van der Waals surface area contributed by atoms with Gasteiger partial charge in [-0.2, -0.15) is 0 Å². The molecule has 0 aliphatic rings. The average molecular weight is 249 g/mol. The molecule has 0 saturated heterocycles. The molecule has 0 spiro atoms. The van der Waals surface area contributed by atoms with E-state index in [-0.39, 0.29) is 0 Å². The highest BCUT2D eigenvalue weighted by molar-refractivity contribution is 7.99. The van der Waals surface area contributed by atoms with E-state index in [2.05, 4.69) is 19.1 Å². The van der Waals surface area contributed by atoms with Crippen LogP contribution in [0.25, 0.3) is 6.08 Å². The van der Waals surface area contributed by atoms with E-state index in [4.69, 9.17) is 5.73 Å². The highest BCUT2D eigenvalue weighted by atomic mass is 32.2. The summed E-state index contributed by atoms with van der Waals surface area (Å²) >= 11 is 1.88. The predicted octanol–water partition coefficient (Wildman–Crippen LogP) is 3.47. The van der Waals surface area contributed by atoms with E-state index >= 15 is 0 Å². The third-order valence-corrected chi connectivity index (χ3v) is 3.44. The second-order valence-corrected chi connectivity index (χ2v) is 5.03. The molecular formula is C14H19NOS. The van der Waals surface area contributed by atoms with Gasteiger partial charge in [0.15, 0.2) is 0 Å². The van der Waals surface area contributed by atoms with Crippen molar-refractivity contribution in [3.8, 4) is 0 Å². The first-order valence-corrected chi connectivity index (χ1v) is 6.91. The third-order valence-electron chi connectivity index (χ3n) is 2.34. The number of nitrogens with two attached hydrogens (primary N) is 1. The number of primary amides is 1. The van der Waals surface area contributed by atoms with Crippen molar-refractivity contribution in [3.63, 3.8) is 0 Å². The van der Waals surface area contributed by atoms with Gasteiger partial charge in [-0.25, -0.2) is 0 Å². The maximum atomic E-state index is 10.6. The largest absolute Gasteiger partial charge is 0.366 e. The molecule has 17 heavy (non-hydrogen) atoms. The Kier molecular flexibility index (Phi) is 6.48. The quantitative estimate of drug-likeness (QED) is 0.457. The lowest BCUT2D eigenvalue weighted by Gasteiger charge is -2.01. The molecule has 1 rings (SSSR count). The molecule has 1 aromatic carbocycles. The summed E-state index contributed by atoms with van der Waals surface area (Å²) in [7, 11) is 0. The maximum absolute atomic E-state index is 10.6. The number of carbonyl (C=O) groups excluding carboxylic acids is 1. The number of amides is 1. The smallest absolute Gasteiger partial charge is 0.241 e. The average Bonchev–Trinajstić information content (AvgIpc) is 2.33. The van der Waals surface area contributed by atoms with Crippen LogP contribution in [0.4, 0.5) is 0 Å². The summed E-state index contributed by atoms with van der Waals surface area (Å²) in [5.41, 5.74) is 6.04. The Labute approximate surface area is 107 Å². The minimum atomic E-state index is -0.414. The molecular weight excluding hydrogens is 230 g/mol. The lowest BCUT2D eigenvalue weighted by atomic mass is 10.2. The normalized spacial score (nSPS) is 10.9. The zero-order valence-electron chi connectivity index (χ0n) is 10.2. The molecule has 0 unspecified atom stereocenters. The molecule has 0 radical (unpaired) electrons. The first-order valence-electron chi connectivity index (χ1n) is 5.92. The Balaban J connectivity index is 2.42. The summed E-state index contributed by atoms with van der Waals surface area (Å²) in [6.45, 7) is 2.21. The molecule has 0 aromatic heterocycles. The Morgan fingerprint density at radius 2 is 2.00 bits per heavy atom. The molecule has 0 atom stereocenters. The van der Waals surface area contributed by atoms with E-state index < -0.39 is 5.91 Å². The number of unbranched alkanes of at least 4 members (excludes halogenated alkanes) is 2. The lowest BCUT2D eigenvalue weighted by molar-refractivity contribution is -0.113. The second-order valence-electron chi connectivity index (χ2n) is 3.86. The van der Waals surface area contributed by atoms with Crippen molar-refractivity contribution in [3.05, 3.63) is 35.9 Å². The first-order chi connectivity index (χ1) is 8.22. The van der Waals surface area contributed by atoms with Crippen LogP contribution in [0.1, 0.15) is 31.7 Å². The van der Waals surface area contributed by atoms with Crippen LogP contribution in [0.15, 0.2) is 35.2 Å². The molecule has 92 valence electrons. The highest BCUT2D eigenvalue weighted by Crippen LogP contribution is 2.20. The van der Waals surface area contributed by atoms with Crippen LogP contribution in [0.2, 0.25) is 0 Å². The molecule has 0 aliphatic heterocycles. The maximum Gasteiger partial charge on any atom is 0.241 e. The fourth-order valence-electron chi connectivity index (χ4n) is 1.40. The summed E-state index contributed by atoms with van der Waals surface area (Å²) < 4.78 is 0. The van der Waals surface area contributed by atoms with E-state index in [1.54, 1.807) is 6.08 Å². The Morgan fingerprint density at radius 1 is 1.29 bits per heavy atom. The Morgan fingerprint density at radius 3 is 2.59 bits per heavy atom. The SMILES string of the molecule is CCCCCSc1ccc(C=CC(N)=O)cc1. The van der Waals surface area contributed by atoms with Gasteiger partial charge in [0, 0.05) is 11.0 Å². The first kappa shape index (κ1) is 13.8. The van der Waals surface area contributed by atoms with Gasteiger partial charge in [-0.15, -0.1) is 11.8 Å². The zero-order valence-corrected chi connectivity index (χ0v) is 11.0. The van der Waals surface area contributed by atoms with E-state index in [9.17, 15) is 4.79 Å². The van der Waals surface area contributed by atoms with Gasteiger partial charge < -0.3 is 5.73 Å². The second kappa shape index (κ2) is 7.96. The topological polar surface area (TPSA) is 43.1 Å². The molecule has 0 heterocycles. The van der Waals surface area contributed by atoms with Crippen molar-refractivity contribution in [1.29, 1.82) is 0 Å². The Hall–Kier alpha value is -1.22. The predicted molar refractivity (Wildman–Crippen MR) is 74.9 cm³/mol. The monoisotopic (exact) mass is 249 g/mol. The molecule has 1 aromatic rings. The highest BCUT2D eigenvalue weighted by Gasteiger charge is 1.94. The van der Waals surface area contributed by atoms with E-state index in [0.717, 1.165) is 5.56 Å². The summed E-state index contributed by atoms with van der Waals surface area (Å²) in [5, 5.41) is 0. The van der Waals surface area contributed by atoms with E-state index in [1.807, 2.05) is 23.9 Å². The zero-order chi connectivity index (χ0) is 12.5. The minimum absolute atomic E-state index is 0.414. The number of thioether (sulfide) groups is 1. The van der Waals surface area contributed by atoms with Gasteiger partial charge in [0.1, 0.15) is 0 Å². The van der Waals surface area contributed by atoms with Gasteiger partial charge in [-0.05, 0) is 35.9 Å². The number of hydrogen-bond donors (Lipinski definition) is 1. The van der Waals surface area contributed by atoms with Gasteiger partial charge in [0.05, 0.1) is 0 Å². The lowest BCUT2D eigenvalue weighted by Crippen LogP contribution is -2.04. The summed E-state index contributed by atoms with van der Waals surface area (Å²) in [6.07, 6.45) is 6.94. The van der Waals surface area contributed by atoms with Crippen molar-refractivity contribution in [2.24, 2.45) is 5.73 Å². The van der Waals surface area contributed by atoms with Crippen molar-refractivity contribution in [1.82, 2.24) is 0 Å². The minimum Gasteiger partial charge on any atom is -0.366 e. The molecule has 1 amide bonds.